The number of carboxylic acid groups (broad SMARTS) is 1. The molecule has 1 unspecified atom stereocenters. The van der Waals surface area contributed by atoms with Crippen LogP contribution in [0, 0.1) is 0 Å². The Balaban J connectivity index is 2.51. The van der Waals surface area contributed by atoms with E-state index < -0.39 is 12.0 Å². The molecule has 19 heavy (non-hydrogen) atoms. The normalized spacial score (nSPS) is 12.3. The van der Waals surface area contributed by atoms with E-state index in [2.05, 4.69) is 4.98 Å². The zero-order chi connectivity index (χ0) is 13.8. The van der Waals surface area contributed by atoms with E-state index in [1.54, 1.807) is 18.3 Å². The molecule has 5 heteroatoms. The summed E-state index contributed by atoms with van der Waals surface area (Å²) in [6.45, 7) is 2.45. The molecule has 1 aromatic carbocycles. The molecule has 1 aromatic heterocycles. The lowest BCUT2D eigenvalue weighted by Gasteiger charge is -2.14. The molecule has 0 aliphatic rings. The fourth-order valence-electron chi connectivity index (χ4n) is 2.06. The van der Waals surface area contributed by atoms with Gasteiger partial charge < -0.3 is 15.6 Å². The van der Waals surface area contributed by atoms with Gasteiger partial charge in [-0.05, 0) is 24.6 Å². The third-order valence-electron chi connectivity index (χ3n) is 2.86. The molecule has 2 rings (SSSR count). The number of aliphatic carboxylic acids is 1. The van der Waals surface area contributed by atoms with Gasteiger partial charge in [-0.25, -0.2) is 0 Å². The highest BCUT2D eigenvalue weighted by molar-refractivity contribution is 5.88. The number of nitrogens with two attached hydrogens (primary N) is 1. The second-order valence-corrected chi connectivity index (χ2v) is 4.19. The highest BCUT2D eigenvalue weighted by atomic mass is 16.5. The molecule has 2 aromatic rings. The lowest BCUT2D eigenvalue weighted by molar-refractivity contribution is -0.137. The SMILES string of the molecule is CCOc1ccc(C(N)CC(=O)O)c2cccnc12. The number of carbonyl (C=O) groups is 1. The largest absolute Gasteiger partial charge is 0.492 e. The maximum atomic E-state index is 10.8. The second kappa shape index (κ2) is 5.67. The predicted octanol–water partition coefficient (Wildman–Crippen LogP) is 2.11. The highest BCUT2D eigenvalue weighted by Crippen LogP contribution is 2.30. The van der Waals surface area contributed by atoms with Crippen LogP contribution >= 0.6 is 0 Å². The summed E-state index contributed by atoms with van der Waals surface area (Å²) in [7, 11) is 0. The van der Waals surface area contributed by atoms with Gasteiger partial charge in [0.25, 0.3) is 0 Å². The number of benzene rings is 1. The molecule has 0 bridgehead atoms. The number of nitrogens with zero attached hydrogens (tertiary/aromatic N) is 1. The van der Waals surface area contributed by atoms with Crippen molar-refractivity contribution in [2.75, 3.05) is 6.61 Å². The van der Waals surface area contributed by atoms with E-state index in [9.17, 15) is 4.79 Å². The summed E-state index contributed by atoms with van der Waals surface area (Å²) in [6, 6.07) is 6.72. The molecule has 3 N–H and O–H groups in total. The first-order chi connectivity index (χ1) is 9.13. The quantitative estimate of drug-likeness (QED) is 0.860. The number of carboxylic acids is 1. The molecule has 0 spiro atoms. The van der Waals surface area contributed by atoms with Crippen molar-refractivity contribution in [3.63, 3.8) is 0 Å². The van der Waals surface area contributed by atoms with Gasteiger partial charge >= 0.3 is 5.97 Å². The molecular formula is C14H16N2O3. The molecule has 1 atom stereocenters. The average Bonchev–Trinajstić information content (AvgIpc) is 2.38. The van der Waals surface area contributed by atoms with Gasteiger partial charge in [-0.1, -0.05) is 12.1 Å². The first-order valence-electron chi connectivity index (χ1n) is 6.11. The van der Waals surface area contributed by atoms with Gasteiger partial charge in [0.1, 0.15) is 11.3 Å². The van der Waals surface area contributed by atoms with Crippen molar-refractivity contribution < 1.29 is 14.6 Å². The minimum atomic E-state index is -0.918. The second-order valence-electron chi connectivity index (χ2n) is 4.19. The van der Waals surface area contributed by atoms with Crippen molar-refractivity contribution in [3.05, 3.63) is 36.0 Å². The van der Waals surface area contributed by atoms with E-state index in [4.69, 9.17) is 15.6 Å². The fourth-order valence-corrected chi connectivity index (χ4v) is 2.06. The van der Waals surface area contributed by atoms with E-state index in [1.165, 1.54) is 0 Å². The number of hydrogen-bond donors (Lipinski definition) is 2. The average molecular weight is 260 g/mol. The zero-order valence-corrected chi connectivity index (χ0v) is 10.7. The van der Waals surface area contributed by atoms with Crippen LogP contribution in [-0.2, 0) is 4.79 Å². The van der Waals surface area contributed by atoms with Crippen LogP contribution in [0.25, 0.3) is 10.9 Å². The minimum absolute atomic E-state index is 0.113. The maximum Gasteiger partial charge on any atom is 0.305 e. The Hall–Kier alpha value is -2.14. The predicted molar refractivity (Wildman–Crippen MR) is 72.1 cm³/mol. The Morgan fingerprint density at radius 2 is 2.26 bits per heavy atom. The highest BCUT2D eigenvalue weighted by Gasteiger charge is 2.15. The number of aromatic nitrogens is 1. The lowest BCUT2D eigenvalue weighted by Crippen LogP contribution is -2.15. The smallest absolute Gasteiger partial charge is 0.305 e. The van der Waals surface area contributed by atoms with Crippen molar-refractivity contribution in [2.45, 2.75) is 19.4 Å². The molecule has 0 fully saturated rings. The zero-order valence-electron chi connectivity index (χ0n) is 10.7. The summed E-state index contributed by atoms with van der Waals surface area (Å²) < 4.78 is 5.52. The Morgan fingerprint density at radius 1 is 1.47 bits per heavy atom. The van der Waals surface area contributed by atoms with Crippen LogP contribution in [-0.4, -0.2) is 22.7 Å². The van der Waals surface area contributed by atoms with Crippen molar-refractivity contribution in [3.8, 4) is 5.75 Å². The summed E-state index contributed by atoms with van der Waals surface area (Å²) in [5, 5.41) is 9.67. The molecule has 1 heterocycles. The Morgan fingerprint density at radius 3 is 2.95 bits per heavy atom. The number of fused-ring (bicyclic) bond motifs is 1. The van der Waals surface area contributed by atoms with Gasteiger partial charge in [0, 0.05) is 17.6 Å². The molecule has 0 radical (unpaired) electrons. The van der Waals surface area contributed by atoms with E-state index in [1.807, 2.05) is 19.1 Å². The van der Waals surface area contributed by atoms with Gasteiger partial charge in [0.05, 0.1) is 13.0 Å². The van der Waals surface area contributed by atoms with Crippen LogP contribution in [0.3, 0.4) is 0 Å². The summed E-state index contributed by atoms with van der Waals surface area (Å²) in [5.74, 6) is -0.234. The van der Waals surface area contributed by atoms with Crippen LogP contribution in [0.4, 0.5) is 0 Å². The van der Waals surface area contributed by atoms with E-state index in [0.29, 0.717) is 17.9 Å². The lowest BCUT2D eigenvalue weighted by atomic mass is 9.99. The van der Waals surface area contributed by atoms with Gasteiger partial charge in [-0.2, -0.15) is 0 Å². The number of ether oxygens (including phenoxy) is 1. The molecule has 0 aliphatic carbocycles. The molecule has 0 aliphatic heterocycles. The summed E-state index contributed by atoms with van der Waals surface area (Å²) in [6.07, 6.45) is 1.56. The number of pyridine rings is 1. The Bertz CT molecular complexity index is 598. The molecule has 0 saturated carbocycles. The van der Waals surface area contributed by atoms with Crippen molar-refractivity contribution in [1.29, 1.82) is 0 Å². The van der Waals surface area contributed by atoms with E-state index in [0.717, 1.165) is 10.9 Å². The molecule has 0 saturated heterocycles. The summed E-state index contributed by atoms with van der Waals surface area (Å²) in [5.41, 5.74) is 7.42. The van der Waals surface area contributed by atoms with Gasteiger partial charge in [0.2, 0.25) is 0 Å². The molecule has 100 valence electrons. The summed E-state index contributed by atoms with van der Waals surface area (Å²) in [4.78, 5) is 15.1. The van der Waals surface area contributed by atoms with E-state index in [-0.39, 0.29) is 6.42 Å². The van der Waals surface area contributed by atoms with Crippen LogP contribution in [0.5, 0.6) is 5.75 Å². The Labute approximate surface area is 111 Å². The summed E-state index contributed by atoms with van der Waals surface area (Å²) >= 11 is 0. The Kier molecular flexibility index (Phi) is 3.97. The third-order valence-corrected chi connectivity index (χ3v) is 2.86. The van der Waals surface area contributed by atoms with Gasteiger partial charge in [-0.15, -0.1) is 0 Å². The number of rotatable bonds is 5. The topological polar surface area (TPSA) is 85.4 Å². The van der Waals surface area contributed by atoms with Crippen molar-refractivity contribution in [1.82, 2.24) is 4.98 Å². The number of hydrogen-bond acceptors (Lipinski definition) is 4. The monoisotopic (exact) mass is 260 g/mol. The third kappa shape index (κ3) is 2.82. The van der Waals surface area contributed by atoms with Crippen molar-refractivity contribution >= 4 is 16.9 Å². The maximum absolute atomic E-state index is 10.8. The first-order valence-corrected chi connectivity index (χ1v) is 6.11. The van der Waals surface area contributed by atoms with Crippen LogP contribution in [0.1, 0.15) is 24.9 Å². The van der Waals surface area contributed by atoms with Gasteiger partial charge in [0.15, 0.2) is 0 Å². The van der Waals surface area contributed by atoms with E-state index >= 15 is 0 Å². The molecule has 5 nitrogen and oxygen atoms in total. The van der Waals surface area contributed by atoms with Gasteiger partial charge in [-0.3, -0.25) is 9.78 Å². The van der Waals surface area contributed by atoms with Crippen molar-refractivity contribution in [2.24, 2.45) is 5.73 Å². The first kappa shape index (κ1) is 13.3. The van der Waals surface area contributed by atoms with Crippen LogP contribution in [0.2, 0.25) is 0 Å². The van der Waals surface area contributed by atoms with Crippen LogP contribution < -0.4 is 10.5 Å². The minimum Gasteiger partial charge on any atom is -0.492 e. The molecule has 0 amide bonds. The fraction of sp³-hybridized carbons (Fsp3) is 0.286. The standard InChI is InChI=1S/C14H16N2O3/c1-2-19-12-6-5-9(11(15)8-13(17)18)10-4-3-7-16-14(10)12/h3-7,11H,2,8,15H2,1H3,(H,17,18). The molecular weight excluding hydrogens is 244 g/mol. The van der Waals surface area contributed by atoms with Crippen LogP contribution in [0.15, 0.2) is 30.5 Å².